The van der Waals surface area contributed by atoms with E-state index in [1.54, 1.807) is 26.0 Å². The Morgan fingerprint density at radius 2 is 1.48 bits per heavy atom. The molecule has 0 aliphatic rings. The zero-order chi connectivity index (χ0) is 16.3. The number of nitrogens with two attached hydrogens (primary N) is 1. The second kappa shape index (κ2) is 6.77. The predicted molar refractivity (Wildman–Crippen MR) is 87.7 cm³/mol. The fourth-order valence-corrected chi connectivity index (χ4v) is 4.83. The lowest BCUT2D eigenvalue weighted by molar-refractivity contribution is 0.341. The van der Waals surface area contributed by atoms with Crippen molar-refractivity contribution in [2.45, 2.75) is 64.3 Å². The number of hydrogen-bond donors (Lipinski definition) is 3. The minimum atomic E-state index is -3.56. The molecule has 6 heteroatoms. The number of nitrogen functional groups attached to an aromatic ring is 1. The average Bonchev–Trinajstić information content (AvgIpc) is 2.43. The van der Waals surface area contributed by atoms with Gasteiger partial charge in [-0.2, -0.15) is 0 Å². The van der Waals surface area contributed by atoms with Gasteiger partial charge in [0.05, 0.1) is 4.90 Å². The number of nitrogens with one attached hydrogen (secondary N) is 2. The maximum Gasteiger partial charge on any atom is 0.241 e. The van der Waals surface area contributed by atoms with Crippen molar-refractivity contribution in [1.29, 1.82) is 0 Å². The molecule has 0 bridgehead atoms. The Hall–Kier alpha value is -1.11. The molecule has 1 aromatic carbocycles. The van der Waals surface area contributed by atoms with Crippen LogP contribution in [0.4, 0.5) is 5.69 Å². The summed E-state index contributed by atoms with van der Waals surface area (Å²) in [6, 6.07) is 3.49. The minimum absolute atomic E-state index is 0.348. The van der Waals surface area contributed by atoms with Crippen LogP contribution in [0.3, 0.4) is 0 Å². The van der Waals surface area contributed by atoms with Crippen molar-refractivity contribution in [3.63, 3.8) is 0 Å². The fraction of sp³-hybridized carbons (Fsp3) is 0.600. The monoisotopic (exact) mass is 313 g/mol. The molecule has 0 fully saturated rings. The summed E-state index contributed by atoms with van der Waals surface area (Å²) in [6.45, 7) is 9.60. The summed E-state index contributed by atoms with van der Waals surface area (Å²) in [5, 5.41) is 0. The molecule has 1 aromatic rings. The van der Waals surface area contributed by atoms with E-state index < -0.39 is 10.0 Å². The van der Waals surface area contributed by atoms with Crippen molar-refractivity contribution in [3.8, 4) is 0 Å². The molecule has 21 heavy (non-hydrogen) atoms. The van der Waals surface area contributed by atoms with E-state index in [0.29, 0.717) is 21.7 Å². The number of anilines is 1. The van der Waals surface area contributed by atoms with Crippen LogP contribution in [0.2, 0.25) is 0 Å². The largest absolute Gasteiger partial charge is 0.324 e. The van der Waals surface area contributed by atoms with Gasteiger partial charge in [-0.15, -0.1) is 0 Å². The second-order valence-electron chi connectivity index (χ2n) is 5.53. The first-order chi connectivity index (χ1) is 9.75. The van der Waals surface area contributed by atoms with Crippen molar-refractivity contribution in [3.05, 3.63) is 23.3 Å². The zero-order valence-electron chi connectivity index (χ0n) is 13.6. The predicted octanol–water partition coefficient (Wildman–Crippen LogP) is 2.84. The molecule has 4 N–H and O–H groups in total. The highest BCUT2D eigenvalue weighted by Crippen LogP contribution is 2.28. The van der Waals surface area contributed by atoms with Gasteiger partial charge in [-0.1, -0.05) is 20.8 Å². The van der Waals surface area contributed by atoms with E-state index in [-0.39, 0.29) is 5.54 Å². The van der Waals surface area contributed by atoms with Crippen molar-refractivity contribution in [2.24, 2.45) is 5.84 Å². The number of aryl methyl sites for hydroxylation is 2. The van der Waals surface area contributed by atoms with Crippen LogP contribution < -0.4 is 16.0 Å². The van der Waals surface area contributed by atoms with Crippen LogP contribution in [0.1, 0.15) is 51.2 Å². The van der Waals surface area contributed by atoms with Crippen LogP contribution in [0.25, 0.3) is 0 Å². The minimum Gasteiger partial charge on any atom is -0.324 e. The molecule has 0 heterocycles. The van der Waals surface area contributed by atoms with Gasteiger partial charge in [0.25, 0.3) is 0 Å². The van der Waals surface area contributed by atoms with Crippen LogP contribution in [-0.2, 0) is 10.0 Å². The van der Waals surface area contributed by atoms with Crippen molar-refractivity contribution in [1.82, 2.24) is 4.72 Å². The molecule has 120 valence electrons. The summed E-state index contributed by atoms with van der Waals surface area (Å²) < 4.78 is 28.5. The number of rotatable bonds is 7. The molecule has 0 aliphatic heterocycles. The molecule has 1 rings (SSSR count). The number of sulfonamides is 1. The smallest absolute Gasteiger partial charge is 0.241 e. The van der Waals surface area contributed by atoms with Gasteiger partial charge in [-0.25, -0.2) is 13.1 Å². The molecule has 0 aliphatic carbocycles. The van der Waals surface area contributed by atoms with E-state index in [4.69, 9.17) is 5.84 Å². The van der Waals surface area contributed by atoms with Crippen LogP contribution in [0.15, 0.2) is 17.0 Å². The van der Waals surface area contributed by atoms with Crippen LogP contribution in [-0.4, -0.2) is 14.0 Å². The molecule has 0 amide bonds. The Bertz CT molecular complexity index is 562. The van der Waals surface area contributed by atoms with Crippen LogP contribution in [0.5, 0.6) is 0 Å². The molecule has 0 unspecified atom stereocenters. The van der Waals surface area contributed by atoms with Gasteiger partial charge in [0, 0.05) is 11.2 Å². The molecule has 0 atom stereocenters. The maximum atomic E-state index is 12.8. The maximum absolute atomic E-state index is 12.8. The van der Waals surface area contributed by atoms with Crippen molar-refractivity contribution < 1.29 is 8.42 Å². The van der Waals surface area contributed by atoms with E-state index in [2.05, 4.69) is 10.1 Å². The molecule has 0 saturated carbocycles. The Morgan fingerprint density at radius 3 is 1.81 bits per heavy atom. The zero-order valence-corrected chi connectivity index (χ0v) is 14.4. The molecule has 0 aromatic heterocycles. The van der Waals surface area contributed by atoms with E-state index in [9.17, 15) is 8.42 Å². The Balaban J connectivity index is 3.32. The lowest BCUT2D eigenvalue weighted by Crippen LogP contribution is -2.47. The Kier molecular flexibility index (Phi) is 5.78. The third kappa shape index (κ3) is 3.75. The van der Waals surface area contributed by atoms with Gasteiger partial charge in [0.15, 0.2) is 0 Å². The van der Waals surface area contributed by atoms with Gasteiger partial charge in [-0.05, 0) is 56.4 Å². The van der Waals surface area contributed by atoms with E-state index in [1.165, 1.54) is 0 Å². The summed E-state index contributed by atoms with van der Waals surface area (Å²) in [4.78, 5) is 0.348. The Morgan fingerprint density at radius 1 is 1.05 bits per heavy atom. The van der Waals surface area contributed by atoms with Crippen LogP contribution in [0, 0.1) is 13.8 Å². The molecule has 5 nitrogen and oxygen atoms in total. The highest BCUT2D eigenvalue weighted by atomic mass is 32.2. The SMILES string of the molecule is CCC(CC)(CC)NS(=O)(=O)c1c(C)cc(NN)cc1C. The van der Waals surface area contributed by atoms with Crippen molar-refractivity contribution >= 4 is 15.7 Å². The van der Waals surface area contributed by atoms with Gasteiger partial charge >= 0.3 is 0 Å². The molecular formula is C15H27N3O2S. The molecule has 0 spiro atoms. The van der Waals surface area contributed by atoms with Gasteiger partial charge in [0.1, 0.15) is 0 Å². The molecule has 0 radical (unpaired) electrons. The van der Waals surface area contributed by atoms with Gasteiger partial charge in [-0.3, -0.25) is 5.84 Å². The highest BCUT2D eigenvalue weighted by molar-refractivity contribution is 7.89. The highest BCUT2D eigenvalue weighted by Gasteiger charge is 2.32. The Labute approximate surface area is 128 Å². The summed E-state index contributed by atoms with van der Waals surface area (Å²) in [5.41, 5.74) is 4.25. The number of hydrazine groups is 1. The lowest BCUT2D eigenvalue weighted by Gasteiger charge is -2.32. The first kappa shape index (κ1) is 17.9. The summed E-state index contributed by atoms with van der Waals surface area (Å²) in [7, 11) is -3.56. The van der Waals surface area contributed by atoms with Crippen molar-refractivity contribution in [2.75, 3.05) is 5.43 Å². The normalized spacial score (nSPS) is 12.5. The fourth-order valence-electron chi connectivity index (χ4n) is 2.76. The van der Waals surface area contributed by atoms with Crippen LogP contribution >= 0.6 is 0 Å². The van der Waals surface area contributed by atoms with Gasteiger partial charge < -0.3 is 5.43 Å². The summed E-state index contributed by atoms with van der Waals surface area (Å²) >= 11 is 0. The van der Waals surface area contributed by atoms with E-state index in [0.717, 1.165) is 19.3 Å². The first-order valence-electron chi connectivity index (χ1n) is 7.37. The van der Waals surface area contributed by atoms with Gasteiger partial charge in [0.2, 0.25) is 10.0 Å². The summed E-state index contributed by atoms with van der Waals surface area (Å²) in [5.74, 6) is 5.40. The lowest BCUT2D eigenvalue weighted by atomic mass is 9.91. The quantitative estimate of drug-likeness (QED) is 0.534. The topological polar surface area (TPSA) is 84.2 Å². The summed E-state index contributed by atoms with van der Waals surface area (Å²) in [6.07, 6.45) is 2.29. The molecular weight excluding hydrogens is 286 g/mol. The van der Waals surface area contributed by atoms with E-state index >= 15 is 0 Å². The first-order valence-corrected chi connectivity index (χ1v) is 8.85. The average molecular weight is 313 g/mol. The number of benzene rings is 1. The van der Waals surface area contributed by atoms with E-state index in [1.807, 2.05) is 20.8 Å². The standard InChI is InChI=1S/C15H27N3O2S/c1-6-15(7-2,8-3)18-21(19,20)14-11(4)9-13(17-16)10-12(14)5/h9-10,17-18H,6-8,16H2,1-5H3. The third-order valence-electron chi connectivity index (χ3n) is 4.28. The number of hydrogen-bond acceptors (Lipinski definition) is 4. The second-order valence-corrected chi connectivity index (χ2v) is 7.15. The molecule has 0 saturated heterocycles. The third-order valence-corrected chi connectivity index (χ3v) is 6.16.